The zero-order valence-electron chi connectivity index (χ0n) is 10.9. The highest BCUT2D eigenvalue weighted by Crippen LogP contribution is 2.26. The third kappa shape index (κ3) is 2.63. The number of aliphatic hydroxyl groups is 1. The molecule has 1 amide bonds. The number of piperidine rings is 1. The molecule has 0 saturated carbocycles. The molecular formula is C13H24N2O2. The third-order valence-corrected chi connectivity index (χ3v) is 4.35. The summed E-state index contributed by atoms with van der Waals surface area (Å²) in [6.45, 7) is 6.41. The number of nitrogens with zero attached hydrogens (tertiary/aromatic N) is 1. The maximum absolute atomic E-state index is 12.4. The fourth-order valence-corrected chi connectivity index (χ4v) is 3.01. The highest BCUT2D eigenvalue weighted by Gasteiger charge is 2.40. The molecule has 2 aliphatic rings. The van der Waals surface area contributed by atoms with Gasteiger partial charge in [-0.3, -0.25) is 4.79 Å². The van der Waals surface area contributed by atoms with Gasteiger partial charge in [0.1, 0.15) is 0 Å². The Morgan fingerprint density at radius 2 is 2.12 bits per heavy atom. The Morgan fingerprint density at radius 3 is 2.59 bits per heavy atom. The maximum Gasteiger partial charge on any atom is 0.242 e. The second-order valence-electron chi connectivity index (χ2n) is 5.73. The van der Waals surface area contributed by atoms with Crippen molar-refractivity contribution >= 4 is 5.91 Å². The lowest BCUT2D eigenvalue weighted by Crippen LogP contribution is -2.55. The monoisotopic (exact) mass is 240 g/mol. The van der Waals surface area contributed by atoms with E-state index >= 15 is 0 Å². The molecule has 2 N–H and O–H groups in total. The summed E-state index contributed by atoms with van der Waals surface area (Å²) in [6, 6.07) is 0. The summed E-state index contributed by atoms with van der Waals surface area (Å²) < 4.78 is 0. The standard InChI is InChI=1S/C13H24N2O2/c1-10(16)11-4-8-15(9-5-11)12(17)13(2)6-3-7-14-13/h10-11,14,16H,3-9H2,1-2H3. The first-order chi connectivity index (χ1) is 8.03. The molecule has 0 aromatic heterocycles. The lowest BCUT2D eigenvalue weighted by atomic mass is 9.90. The minimum absolute atomic E-state index is 0.243. The lowest BCUT2D eigenvalue weighted by molar-refractivity contribution is -0.139. The minimum Gasteiger partial charge on any atom is -0.393 e. The molecule has 0 bridgehead atoms. The quantitative estimate of drug-likeness (QED) is 0.749. The van der Waals surface area contributed by atoms with Gasteiger partial charge in [0.25, 0.3) is 0 Å². The predicted molar refractivity (Wildman–Crippen MR) is 66.6 cm³/mol. The van der Waals surface area contributed by atoms with Crippen LogP contribution < -0.4 is 5.32 Å². The third-order valence-electron chi connectivity index (χ3n) is 4.35. The van der Waals surface area contributed by atoms with Crippen LogP contribution >= 0.6 is 0 Å². The van der Waals surface area contributed by atoms with Crippen molar-refractivity contribution in [2.24, 2.45) is 5.92 Å². The van der Waals surface area contributed by atoms with Gasteiger partial charge in [0.15, 0.2) is 0 Å². The number of hydrogen-bond donors (Lipinski definition) is 2. The van der Waals surface area contributed by atoms with E-state index in [9.17, 15) is 9.90 Å². The second-order valence-corrected chi connectivity index (χ2v) is 5.73. The number of rotatable bonds is 2. The minimum atomic E-state index is -0.336. The maximum atomic E-state index is 12.4. The number of amides is 1. The zero-order valence-corrected chi connectivity index (χ0v) is 10.9. The van der Waals surface area contributed by atoms with Crippen LogP contribution in [0.25, 0.3) is 0 Å². The highest BCUT2D eigenvalue weighted by molar-refractivity contribution is 5.86. The Labute approximate surface area is 103 Å². The molecule has 2 saturated heterocycles. The fourth-order valence-electron chi connectivity index (χ4n) is 3.01. The first-order valence-electron chi connectivity index (χ1n) is 6.75. The molecule has 4 nitrogen and oxygen atoms in total. The molecule has 0 radical (unpaired) electrons. The van der Waals surface area contributed by atoms with Crippen LogP contribution in [-0.2, 0) is 4.79 Å². The van der Waals surface area contributed by atoms with E-state index in [1.807, 2.05) is 18.7 Å². The SMILES string of the molecule is CC(O)C1CCN(C(=O)C2(C)CCCN2)CC1. The van der Waals surface area contributed by atoms with E-state index in [1.54, 1.807) is 0 Å². The van der Waals surface area contributed by atoms with E-state index in [0.717, 1.165) is 45.3 Å². The number of aliphatic hydroxyl groups excluding tert-OH is 1. The number of likely N-dealkylation sites (tertiary alicyclic amines) is 1. The van der Waals surface area contributed by atoms with Crippen molar-refractivity contribution in [3.8, 4) is 0 Å². The molecule has 0 aromatic rings. The molecule has 2 heterocycles. The molecule has 2 aliphatic heterocycles. The zero-order chi connectivity index (χ0) is 12.5. The van der Waals surface area contributed by atoms with Crippen molar-refractivity contribution in [1.82, 2.24) is 10.2 Å². The number of carbonyl (C=O) groups excluding carboxylic acids is 1. The van der Waals surface area contributed by atoms with Crippen LogP contribution in [0.5, 0.6) is 0 Å². The van der Waals surface area contributed by atoms with Crippen molar-refractivity contribution in [1.29, 1.82) is 0 Å². The van der Waals surface area contributed by atoms with Crippen molar-refractivity contribution in [2.75, 3.05) is 19.6 Å². The second kappa shape index (κ2) is 4.94. The first kappa shape index (κ1) is 12.8. The van der Waals surface area contributed by atoms with Gasteiger partial charge < -0.3 is 15.3 Å². The van der Waals surface area contributed by atoms with Crippen LogP contribution in [0.1, 0.15) is 39.5 Å². The van der Waals surface area contributed by atoms with E-state index in [0.29, 0.717) is 5.92 Å². The van der Waals surface area contributed by atoms with Gasteiger partial charge >= 0.3 is 0 Å². The smallest absolute Gasteiger partial charge is 0.242 e. The molecule has 2 atom stereocenters. The normalized spacial score (nSPS) is 32.8. The van der Waals surface area contributed by atoms with Gasteiger partial charge in [-0.1, -0.05) is 0 Å². The predicted octanol–water partition coefficient (Wildman–Crippen LogP) is 0.748. The van der Waals surface area contributed by atoms with Gasteiger partial charge in [-0.05, 0) is 52.0 Å². The van der Waals surface area contributed by atoms with Gasteiger partial charge in [-0.15, -0.1) is 0 Å². The van der Waals surface area contributed by atoms with Crippen molar-refractivity contribution in [2.45, 2.75) is 51.2 Å². The molecule has 98 valence electrons. The molecular weight excluding hydrogens is 216 g/mol. The molecule has 2 unspecified atom stereocenters. The van der Waals surface area contributed by atoms with E-state index in [-0.39, 0.29) is 17.6 Å². The summed E-state index contributed by atoms with van der Waals surface area (Å²) in [5.74, 6) is 0.613. The average molecular weight is 240 g/mol. The first-order valence-corrected chi connectivity index (χ1v) is 6.75. The number of carbonyl (C=O) groups is 1. The van der Waals surface area contributed by atoms with Crippen molar-refractivity contribution in [3.63, 3.8) is 0 Å². The summed E-state index contributed by atoms with van der Waals surface area (Å²) in [5.41, 5.74) is -0.336. The van der Waals surface area contributed by atoms with Crippen LogP contribution in [0, 0.1) is 5.92 Å². The summed E-state index contributed by atoms with van der Waals surface area (Å²) in [4.78, 5) is 14.4. The fraction of sp³-hybridized carbons (Fsp3) is 0.923. The van der Waals surface area contributed by atoms with E-state index in [4.69, 9.17) is 0 Å². The van der Waals surface area contributed by atoms with Crippen LogP contribution in [-0.4, -0.2) is 47.2 Å². The van der Waals surface area contributed by atoms with Gasteiger partial charge in [-0.25, -0.2) is 0 Å². The molecule has 4 heteroatoms. The molecule has 2 rings (SSSR count). The topological polar surface area (TPSA) is 52.6 Å². The molecule has 0 spiro atoms. The van der Waals surface area contributed by atoms with Crippen LogP contribution in [0.3, 0.4) is 0 Å². The number of hydrogen-bond acceptors (Lipinski definition) is 3. The molecule has 0 aromatic carbocycles. The Morgan fingerprint density at radius 1 is 1.47 bits per heavy atom. The Balaban J connectivity index is 1.90. The Hall–Kier alpha value is -0.610. The molecule has 2 fully saturated rings. The average Bonchev–Trinajstić information content (AvgIpc) is 2.76. The van der Waals surface area contributed by atoms with Crippen LogP contribution in [0.4, 0.5) is 0 Å². The van der Waals surface area contributed by atoms with E-state index in [2.05, 4.69) is 5.32 Å². The van der Waals surface area contributed by atoms with E-state index < -0.39 is 0 Å². The van der Waals surface area contributed by atoms with Gasteiger partial charge in [0, 0.05) is 13.1 Å². The summed E-state index contributed by atoms with van der Waals surface area (Å²) in [6.07, 6.45) is 3.65. The van der Waals surface area contributed by atoms with Crippen molar-refractivity contribution < 1.29 is 9.90 Å². The molecule has 17 heavy (non-hydrogen) atoms. The van der Waals surface area contributed by atoms with Gasteiger partial charge in [0.2, 0.25) is 5.91 Å². The van der Waals surface area contributed by atoms with Gasteiger partial charge in [0.05, 0.1) is 11.6 Å². The Kier molecular flexibility index (Phi) is 3.73. The highest BCUT2D eigenvalue weighted by atomic mass is 16.3. The van der Waals surface area contributed by atoms with Crippen LogP contribution in [0.15, 0.2) is 0 Å². The lowest BCUT2D eigenvalue weighted by Gasteiger charge is -2.37. The van der Waals surface area contributed by atoms with Crippen LogP contribution in [0.2, 0.25) is 0 Å². The van der Waals surface area contributed by atoms with Gasteiger partial charge in [-0.2, -0.15) is 0 Å². The van der Waals surface area contributed by atoms with Crippen molar-refractivity contribution in [3.05, 3.63) is 0 Å². The van der Waals surface area contributed by atoms with E-state index in [1.165, 1.54) is 0 Å². The summed E-state index contributed by atoms with van der Waals surface area (Å²) >= 11 is 0. The Bertz CT molecular complexity index is 277. The molecule has 0 aliphatic carbocycles. The largest absolute Gasteiger partial charge is 0.393 e. The number of nitrogens with one attached hydrogen (secondary N) is 1. The summed E-state index contributed by atoms with van der Waals surface area (Å²) in [7, 11) is 0. The summed E-state index contributed by atoms with van der Waals surface area (Å²) in [5, 5.41) is 12.9.